The minimum Gasteiger partial charge on any atom is -0.374 e. The van der Waals surface area contributed by atoms with Gasteiger partial charge in [-0.3, -0.25) is 9.59 Å². The number of methoxy groups -OCH3 is 1. The van der Waals surface area contributed by atoms with Crippen molar-refractivity contribution in [2.24, 2.45) is 0 Å². The van der Waals surface area contributed by atoms with Gasteiger partial charge in [0.1, 0.15) is 23.8 Å². The Hall–Kier alpha value is -2.95. The highest BCUT2D eigenvalue weighted by Gasteiger charge is 2.48. The van der Waals surface area contributed by atoms with Gasteiger partial charge in [0.05, 0.1) is 17.1 Å². The third-order valence-electron chi connectivity index (χ3n) is 6.87. The van der Waals surface area contributed by atoms with Gasteiger partial charge >= 0.3 is 6.18 Å². The van der Waals surface area contributed by atoms with Gasteiger partial charge in [0.25, 0.3) is 0 Å². The Bertz CT molecular complexity index is 1080. The number of halogens is 3. The Morgan fingerprint density at radius 3 is 2.76 bits per heavy atom. The summed E-state index contributed by atoms with van der Waals surface area (Å²) in [6.45, 7) is 2.23. The summed E-state index contributed by atoms with van der Waals surface area (Å²) in [7, 11) is 1.60. The standard InChI is InChI=1S/C23H28F3N5O3/c1-14(32)27-12-22(34-2)9-4-3-5-19(22)31-10-8-18(21(31)33)30-20-16-11-15(23(24,25)26)6-7-17(16)28-13-29-20/h6-7,11,13,18-19H,3-5,8-10,12H2,1-2H3,(H,27,32)(H,28,29,30)/t18-,19-,22-/m0/s1. The van der Waals surface area contributed by atoms with Gasteiger partial charge in [-0.1, -0.05) is 12.8 Å². The number of amides is 2. The topological polar surface area (TPSA) is 96.5 Å². The van der Waals surface area contributed by atoms with Gasteiger partial charge in [-0.15, -0.1) is 0 Å². The van der Waals surface area contributed by atoms with Crippen molar-refractivity contribution in [2.75, 3.05) is 25.5 Å². The lowest BCUT2D eigenvalue weighted by Crippen LogP contribution is -2.61. The summed E-state index contributed by atoms with van der Waals surface area (Å²) in [5, 5.41) is 6.10. The second-order valence-electron chi connectivity index (χ2n) is 8.91. The van der Waals surface area contributed by atoms with Gasteiger partial charge in [0.15, 0.2) is 0 Å². The van der Waals surface area contributed by atoms with Gasteiger partial charge in [0, 0.05) is 32.5 Å². The first-order valence-corrected chi connectivity index (χ1v) is 11.3. The molecule has 4 rings (SSSR count). The maximum absolute atomic E-state index is 13.4. The van der Waals surface area contributed by atoms with Crippen molar-refractivity contribution < 1.29 is 27.5 Å². The number of carbonyl (C=O) groups is 2. The monoisotopic (exact) mass is 479 g/mol. The first-order chi connectivity index (χ1) is 16.1. The van der Waals surface area contributed by atoms with E-state index in [4.69, 9.17) is 4.74 Å². The molecule has 0 radical (unpaired) electrons. The molecular formula is C23H28F3N5O3. The predicted molar refractivity (Wildman–Crippen MR) is 119 cm³/mol. The van der Waals surface area contributed by atoms with Crippen molar-refractivity contribution in [1.82, 2.24) is 20.2 Å². The van der Waals surface area contributed by atoms with Crippen LogP contribution in [0.15, 0.2) is 24.5 Å². The quantitative estimate of drug-likeness (QED) is 0.661. The van der Waals surface area contributed by atoms with Gasteiger partial charge in [-0.05, 0) is 37.5 Å². The van der Waals surface area contributed by atoms with Crippen molar-refractivity contribution in [3.8, 4) is 0 Å². The second kappa shape index (κ2) is 9.36. The summed E-state index contributed by atoms with van der Waals surface area (Å²) in [5.74, 6) is -0.131. The highest BCUT2D eigenvalue weighted by molar-refractivity contribution is 5.93. The van der Waals surface area contributed by atoms with Crippen LogP contribution in [-0.4, -0.2) is 64.6 Å². The average Bonchev–Trinajstić information content (AvgIpc) is 3.16. The van der Waals surface area contributed by atoms with Crippen molar-refractivity contribution in [3.05, 3.63) is 30.1 Å². The molecule has 1 aromatic carbocycles. The smallest absolute Gasteiger partial charge is 0.374 e. The zero-order valence-corrected chi connectivity index (χ0v) is 19.1. The number of hydrogen-bond acceptors (Lipinski definition) is 6. The fourth-order valence-corrected chi connectivity index (χ4v) is 5.08. The summed E-state index contributed by atoms with van der Waals surface area (Å²) in [6.07, 6.45) is 0.569. The van der Waals surface area contributed by atoms with Crippen LogP contribution in [0.5, 0.6) is 0 Å². The largest absolute Gasteiger partial charge is 0.416 e. The fourth-order valence-electron chi connectivity index (χ4n) is 5.08. The Balaban J connectivity index is 1.57. The van der Waals surface area contributed by atoms with Crippen molar-refractivity contribution >= 4 is 28.5 Å². The number of aromatic nitrogens is 2. The van der Waals surface area contributed by atoms with Crippen LogP contribution in [0.4, 0.5) is 19.0 Å². The molecule has 34 heavy (non-hydrogen) atoms. The van der Waals surface area contributed by atoms with Crippen LogP contribution in [0.25, 0.3) is 10.9 Å². The molecule has 0 unspecified atom stereocenters. The highest BCUT2D eigenvalue weighted by atomic mass is 19.4. The van der Waals surface area contributed by atoms with Gasteiger partial charge < -0.3 is 20.3 Å². The normalized spacial score (nSPS) is 25.6. The number of nitrogens with zero attached hydrogens (tertiary/aromatic N) is 3. The maximum Gasteiger partial charge on any atom is 0.416 e. The van der Waals surface area contributed by atoms with E-state index in [1.807, 2.05) is 0 Å². The molecule has 184 valence electrons. The minimum absolute atomic E-state index is 0.158. The van der Waals surface area contributed by atoms with Gasteiger partial charge in [0.2, 0.25) is 11.8 Å². The van der Waals surface area contributed by atoms with Crippen LogP contribution in [0.2, 0.25) is 0 Å². The van der Waals surface area contributed by atoms with Gasteiger partial charge in [-0.25, -0.2) is 9.97 Å². The maximum atomic E-state index is 13.4. The number of rotatable bonds is 6. The van der Waals surface area contributed by atoms with Crippen molar-refractivity contribution in [3.63, 3.8) is 0 Å². The lowest BCUT2D eigenvalue weighted by atomic mass is 9.79. The number of carbonyl (C=O) groups excluding carboxylic acids is 2. The third kappa shape index (κ3) is 4.66. The first-order valence-electron chi connectivity index (χ1n) is 11.3. The fraction of sp³-hybridized carbons (Fsp3) is 0.565. The van der Waals surface area contributed by atoms with Crippen LogP contribution >= 0.6 is 0 Å². The summed E-state index contributed by atoms with van der Waals surface area (Å²) in [6, 6.07) is 2.43. The number of ether oxygens (including phenoxy) is 1. The summed E-state index contributed by atoms with van der Waals surface area (Å²) in [4.78, 5) is 34.9. The third-order valence-corrected chi connectivity index (χ3v) is 6.87. The lowest BCUT2D eigenvalue weighted by molar-refractivity contribution is -0.144. The van der Waals surface area contributed by atoms with Gasteiger partial charge in [-0.2, -0.15) is 13.2 Å². The molecule has 2 aromatic rings. The second-order valence-corrected chi connectivity index (χ2v) is 8.91. The van der Waals surface area contributed by atoms with Crippen LogP contribution < -0.4 is 10.6 Å². The lowest BCUT2D eigenvalue weighted by Gasteiger charge is -2.47. The molecule has 0 bridgehead atoms. The number of alkyl halides is 3. The molecule has 2 N–H and O–H groups in total. The Labute approximate surface area is 195 Å². The zero-order chi connectivity index (χ0) is 24.5. The molecular weight excluding hydrogens is 451 g/mol. The highest BCUT2D eigenvalue weighted by Crippen LogP contribution is 2.37. The Morgan fingerprint density at radius 2 is 2.06 bits per heavy atom. The molecule has 1 aliphatic heterocycles. The Morgan fingerprint density at radius 1 is 1.26 bits per heavy atom. The summed E-state index contributed by atoms with van der Waals surface area (Å²) in [5.41, 5.74) is -1.13. The molecule has 1 saturated heterocycles. The molecule has 1 aromatic heterocycles. The van der Waals surface area contributed by atoms with Crippen LogP contribution in [0.3, 0.4) is 0 Å². The molecule has 11 heteroatoms. The van der Waals surface area contributed by atoms with E-state index in [1.54, 1.807) is 12.0 Å². The van der Waals surface area contributed by atoms with Crippen molar-refractivity contribution in [2.45, 2.75) is 62.9 Å². The predicted octanol–water partition coefficient (Wildman–Crippen LogP) is 3.13. The van der Waals surface area contributed by atoms with E-state index >= 15 is 0 Å². The molecule has 8 nitrogen and oxygen atoms in total. The van der Waals surface area contributed by atoms with E-state index in [-0.39, 0.29) is 29.1 Å². The number of fused-ring (bicyclic) bond motifs is 1. The molecule has 2 heterocycles. The average molecular weight is 480 g/mol. The van der Waals surface area contributed by atoms with E-state index in [9.17, 15) is 22.8 Å². The number of likely N-dealkylation sites (tertiary alicyclic amines) is 1. The molecule has 2 amide bonds. The Kier molecular flexibility index (Phi) is 6.66. The number of nitrogens with one attached hydrogen (secondary N) is 2. The molecule has 0 spiro atoms. The van der Waals surface area contributed by atoms with E-state index in [0.717, 1.165) is 31.4 Å². The van der Waals surface area contributed by atoms with E-state index in [1.165, 1.54) is 19.3 Å². The molecule has 1 saturated carbocycles. The van der Waals surface area contributed by atoms with Crippen LogP contribution in [0, 0.1) is 0 Å². The zero-order valence-electron chi connectivity index (χ0n) is 19.1. The van der Waals surface area contributed by atoms with Crippen LogP contribution in [-0.2, 0) is 20.5 Å². The SMILES string of the molecule is CO[C@]1(CNC(C)=O)CCCC[C@@H]1N1CC[C@H](Nc2ncnc3ccc(C(F)(F)F)cc23)C1=O. The number of anilines is 1. The summed E-state index contributed by atoms with van der Waals surface area (Å²) < 4.78 is 45.6. The van der Waals surface area contributed by atoms with Crippen LogP contribution in [0.1, 0.15) is 44.6 Å². The minimum atomic E-state index is -4.50. The molecule has 1 aliphatic carbocycles. The van der Waals surface area contributed by atoms with E-state index in [0.29, 0.717) is 31.4 Å². The summed E-state index contributed by atoms with van der Waals surface area (Å²) >= 11 is 0. The van der Waals surface area contributed by atoms with Crippen molar-refractivity contribution in [1.29, 1.82) is 0 Å². The first kappa shape index (κ1) is 24.2. The van der Waals surface area contributed by atoms with E-state index in [2.05, 4.69) is 20.6 Å². The number of hydrogen-bond donors (Lipinski definition) is 2. The molecule has 2 aliphatic rings. The van der Waals surface area contributed by atoms with E-state index < -0.39 is 23.4 Å². The number of benzene rings is 1. The molecule has 2 fully saturated rings. The molecule has 3 atom stereocenters.